The minimum absolute atomic E-state index is 0.107. The number of carbonyl (C=O) groups is 2. The molecule has 2 amide bonds. The van der Waals surface area contributed by atoms with Gasteiger partial charge in [0.25, 0.3) is 5.91 Å². The fraction of sp³-hybridized carbons (Fsp3) is 0.556. The fourth-order valence-electron chi connectivity index (χ4n) is 3.44. The second-order valence-electron chi connectivity index (χ2n) is 6.49. The zero-order chi connectivity index (χ0) is 18.0. The highest BCUT2D eigenvalue weighted by Gasteiger charge is 2.42. The van der Waals surface area contributed by atoms with Gasteiger partial charge >= 0.3 is 0 Å². The lowest BCUT2D eigenvalue weighted by Crippen LogP contribution is -2.57. The van der Waals surface area contributed by atoms with Crippen LogP contribution in [0.4, 0.5) is 4.39 Å². The molecule has 0 spiro atoms. The number of rotatable bonds is 3. The number of amides is 2. The highest BCUT2D eigenvalue weighted by Crippen LogP contribution is 2.30. The minimum Gasteiger partial charge on any atom is -0.356 e. The third-order valence-corrected chi connectivity index (χ3v) is 5.07. The topological polar surface area (TPSA) is 53.1 Å². The maximum absolute atomic E-state index is 13.3. The first kappa shape index (κ1) is 17.8. The molecular formula is C18H24FN3O3. The Morgan fingerprint density at radius 2 is 1.84 bits per heavy atom. The van der Waals surface area contributed by atoms with Gasteiger partial charge in [-0.05, 0) is 24.2 Å². The van der Waals surface area contributed by atoms with Crippen LogP contribution in [0.2, 0.25) is 0 Å². The van der Waals surface area contributed by atoms with E-state index in [0.717, 1.165) is 19.6 Å². The lowest BCUT2D eigenvalue weighted by atomic mass is 9.97. The lowest BCUT2D eigenvalue weighted by Gasteiger charge is -2.42. The number of nitrogens with zero attached hydrogens (tertiary/aromatic N) is 3. The van der Waals surface area contributed by atoms with Gasteiger partial charge in [0, 0.05) is 33.2 Å². The molecule has 2 aliphatic rings. The van der Waals surface area contributed by atoms with Crippen LogP contribution in [0.3, 0.4) is 0 Å². The van der Waals surface area contributed by atoms with E-state index in [1.54, 1.807) is 24.1 Å². The quantitative estimate of drug-likeness (QED) is 0.813. The Morgan fingerprint density at radius 3 is 2.44 bits per heavy atom. The molecule has 6 nitrogen and oxygen atoms in total. The van der Waals surface area contributed by atoms with Gasteiger partial charge in [0.1, 0.15) is 12.4 Å². The summed E-state index contributed by atoms with van der Waals surface area (Å²) in [6.07, 6.45) is -0.763. The molecule has 2 saturated heterocycles. The third-order valence-electron chi connectivity index (χ3n) is 5.07. The van der Waals surface area contributed by atoms with Gasteiger partial charge in [-0.2, -0.15) is 0 Å². The van der Waals surface area contributed by atoms with E-state index in [2.05, 4.69) is 11.8 Å². The Kier molecular flexibility index (Phi) is 5.34. The Balaban J connectivity index is 1.81. The SMILES string of the molecule is CCN1CCN(C(=O)[C@@H]2OCC(=O)N(C)[C@H]2c2ccc(F)cc2)CC1. The molecule has 0 aliphatic carbocycles. The summed E-state index contributed by atoms with van der Waals surface area (Å²) in [5.74, 6) is -0.647. The smallest absolute Gasteiger partial charge is 0.254 e. The van der Waals surface area contributed by atoms with Crippen molar-refractivity contribution in [3.8, 4) is 0 Å². The number of hydrogen-bond acceptors (Lipinski definition) is 4. The van der Waals surface area contributed by atoms with Crippen molar-refractivity contribution in [1.29, 1.82) is 0 Å². The van der Waals surface area contributed by atoms with E-state index in [9.17, 15) is 14.0 Å². The molecule has 0 N–H and O–H groups in total. The molecule has 0 saturated carbocycles. The van der Waals surface area contributed by atoms with E-state index in [4.69, 9.17) is 4.74 Å². The van der Waals surface area contributed by atoms with E-state index < -0.39 is 12.1 Å². The molecule has 1 aromatic carbocycles. The van der Waals surface area contributed by atoms with Crippen LogP contribution in [0.5, 0.6) is 0 Å². The second-order valence-corrected chi connectivity index (χ2v) is 6.49. The normalized spacial score (nSPS) is 25.3. The van der Waals surface area contributed by atoms with Crippen LogP contribution in [-0.4, -0.2) is 79.0 Å². The average Bonchev–Trinajstić information content (AvgIpc) is 2.64. The predicted octanol–water partition coefficient (Wildman–Crippen LogP) is 0.888. The van der Waals surface area contributed by atoms with E-state index in [1.807, 2.05) is 0 Å². The van der Waals surface area contributed by atoms with Gasteiger partial charge in [0.2, 0.25) is 5.91 Å². The van der Waals surface area contributed by atoms with Gasteiger partial charge in [-0.25, -0.2) is 4.39 Å². The van der Waals surface area contributed by atoms with Crippen LogP contribution in [0, 0.1) is 5.82 Å². The van der Waals surface area contributed by atoms with Crippen LogP contribution in [0.15, 0.2) is 24.3 Å². The molecule has 0 radical (unpaired) electrons. The van der Waals surface area contributed by atoms with Gasteiger partial charge in [0.15, 0.2) is 6.10 Å². The molecule has 0 aromatic heterocycles. The first-order chi connectivity index (χ1) is 12.0. The molecular weight excluding hydrogens is 325 g/mol. The first-order valence-corrected chi connectivity index (χ1v) is 8.65. The van der Waals surface area contributed by atoms with Gasteiger partial charge in [0.05, 0.1) is 6.04 Å². The fourth-order valence-corrected chi connectivity index (χ4v) is 3.44. The van der Waals surface area contributed by atoms with Crippen LogP contribution in [-0.2, 0) is 14.3 Å². The molecule has 2 fully saturated rings. The lowest BCUT2D eigenvalue weighted by molar-refractivity contribution is -0.168. The zero-order valence-corrected chi connectivity index (χ0v) is 14.7. The van der Waals surface area contributed by atoms with Crippen LogP contribution < -0.4 is 0 Å². The Labute approximate surface area is 147 Å². The first-order valence-electron chi connectivity index (χ1n) is 8.65. The van der Waals surface area contributed by atoms with Crippen molar-refractivity contribution in [2.75, 3.05) is 46.4 Å². The molecule has 2 atom stereocenters. The van der Waals surface area contributed by atoms with E-state index in [-0.39, 0.29) is 24.2 Å². The second kappa shape index (κ2) is 7.49. The summed E-state index contributed by atoms with van der Waals surface area (Å²) >= 11 is 0. The highest BCUT2D eigenvalue weighted by atomic mass is 19.1. The summed E-state index contributed by atoms with van der Waals surface area (Å²) < 4.78 is 18.9. The van der Waals surface area contributed by atoms with Crippen molar-refractivity contribution in [2.45, 2.75) is 19.1 Å². The molecule has 0 unspecified atom stereocenters. The third kappa shape index (κ3) is 3.67. The Morgan fingerprint density at radius 1 is 1.20 bits per heavy atom. The van der Waals surface area contributed by atoms with Crippen LogP contribution in [0.25, 0.3) is 0 Å². The van der Waals surface area contributed by atoms with Crippen molar-refractivity contribution in [3.63, 3.8) is 0 Å². The number of ether oxygens (including phenoxy) is 1. The zero-order valence-electron chi connectivity index (χ0n) is 14.7. The molecule has 25 heavy (non-hydrogen) atoms. The summed E-state index contributed by atoms with van der Waals surface area (Å²) in [6, 6.07) is 5.34. The van der Waals surface area contributed by atoms with Crippen molar-refractivity contribution in [1.82, 2.24) is 14.7 Å². The molecule has 1 aromatic rings. The molecule has 2 aliphatic heterocycles. The number of hydrogen-bond donors (Lipinski definition) is 0. The highest BCUT2D eigenvalue weighted by molar-refractivity contribution is 5.86. The van der Waals surface area contributed by atoms with E-state index >= 15 is 0 Å². The number of halogens is 1. The van der Waals surface area contributed by atoms with Crippen LogP contribution >= 0.6 is 0 Å². The number of piperazine rings is 1. The summed E-state index contributed by atoms with van der Waals surface area (Å²) in [5.41, 5.74) is 0.697. The van der Waals surface area contributed by atoms with Gasteiger partial charge < -0.3 is 19.4 Å². The Bertz CT molecular complexity index is 629. The van der Waals surface area contributed by atoms with Gasteiger partial charge in [-0.15, -0.1) is 0 Å². The maximum Gasteiger partial charge on any atom is 0.254 e. The number of carbonyl (C=O) groups excluding carboxylic acids is 2. The van der Waals surface area contributed by atoms with Gasteiger partial charge in [-0.1, -0.05) is 19.1 Å². The van der Waals surface area contributed by atoms with Crippen molar-refractivity contribution in [2.24, 2.45) is 0 Å². The van der Waals surface area contributed by atoms with E-state index in [0.29, 0.717) is 18.7 Å². The minimum atomic E-state index is -0.763. The summed E-state index contributed by atoms with van der Waals surface area (Å²) in [6.45, 7) is 5.94. The number of likely N-dealkylation sites (N-methyl/N-ethyl adjacent to an activating group) is 2. The number of morpholine rings is 1. The Hall–Kier alpha value is -1.99. The summed E-state index contributed by atoms with van der Waals surface area (Å²) in [7, 11) is 1.66. The van der Waals surface area contributed by atoms with Gasteiger partial charge in [-0.3, -0.25) is 9.59 Å². The summed E-state index contributed by atoms with van der Waals surface area (Å²) in [4.78, 5) is 30.7. The summed E-state index contributed by atoms with van der Waals surface area (Å²) in [5, 5.41) is 0. The monoisotopic (exact) mass is 349 g/mol. The van der Waals surface area contributed by atoms with Crippen LogP contribution in [0.1, 0.15) is 18.5 Å². The molecule has 2 heterocycles. The number of benzene rings is 1. The van der Waals surface area contributed by atoms with Crippen molar-refractivity contribution >= 4 is 11.8 Å². The maximum atomic E-state index is 13.3. The van der Waals surface area contributed by atoms with E-state index in [1.165, 1.54) is 17.0 Å². The molecule has 3 rings (SSSR count). The predicted molar refractivity (Wildman–Crippen MR) is 90.3 cm³/mol. The van der Waals surface area contributed by atoms with Crippen molar-refractivity contribution in [3.05, 3.63) is 35.6 Å². The molecule has 136 valence electrons. The average molecular weight is 349 g/mol. The molecule has 0 bridgehead atoms. The standard InChI is InChI=1S/C18H24FN3O3/c1-3-21-8-10-22(11-9-21)18(24)17-16(20(2)15(23)12-25-17)13-4-6-14(19)7-5-13/h4-7,16-17H,3,8-12H2,1-2H3/t16-,17+/m0/s1. The largest absolute Gasteiger partial charge is 0.356 e. The van der Waals surface area contributed by atoms with Crippen molar-refractivity contribution < 1.29 is 18.7 Å². The molecule has 7 heteroatoms.